The van der Waals surface area contributed by atoms with Gasteiger partial charge in [0.2, 0.25) is 0 Å². The molecule has 0 aromatic heterocycles. The van der Waals surface area contributed by atoms with Crippen molar-refractivity contribution in [1.82, 2.24) is 4.90 Å². The van der Waals surface area contributed by atoms with Crippen molar-refractivity contribution in [3.63, 3.8) is 0 Å². The van der Waals surface area contributed by atoms with Crippen LogP contribution in [0.4, 0.5) is 0 Å². The van der Waals surface area contributed by atoms with Crippen LogP contribution in [0.3, 0.4) is 0 Å². The Balaban J connectivity index is 2.98. The van der Waals surface area contributed by atoms with Gasteiger partial charge in [-0.1, -0.05) is 20.8 Å². The lowest BCUT2D eigenvalue weighted by molar-refractivity contribution is -0.151. The van der Waals surface area contributed by atoms with E-state index in [-0.39, 0.29) is 11.5 Å². The van der Waals surface area contributed by atoms with Crippen molar-refractivity contribution >= 4 is 5.97 Å². The van der Waals surface area contributed by atoms with Crippen LogP contribution in [0.5, 0.6) is 0 Å². The predicted octanol–water partition coefficient (Wildman–Crippen LogP) is 1.86. The number of piperidine rings is 1. The minimum Gasteiger partial charge on any atom is -0.480 e. The summed E-state index contributed by atoms with van der Waals surface area (Å²) < 4.78 is 0. The molecule has 1 aliphatic heterocycles. The molecule has 2 atom stereocenters. The van der Waals surface area contributed by atoms with Gasteiger partial charge >= 0.3 is 5.97 Å². The maximum absolute atomic E-state index is 11.4. The zero-order valence-electron chi connectivity index (χ0n) is 10.2. The number of aliphatic carboxylic acids is 1. The number of carboxylic acids is 1. The molecule has 1 fully saturated rings. The van der Waals surface area contributed by atoms with Crippen molar-refractivity contribution in [3.8, 4) is 6.07 Å². The summed E-state index contributed by atoms with van der Waals surface area (Å²) in [4.78, 5) is 13.2. The van der Waals surface area contributed by atoms with E-state index >= 15 is 0 Å². The first-order valence-electron chi connectivity index (χ1n) is 5.82. The van der Waals surface area contributed by atoms with Crippen LogP contribution < -0.4 is 0 Å². The number of nitriles is 1. The molecule has 0 aromatic rings. The summed E-state index contributed by atoms with van der Waals surface area (Å²) in [5.74, 6) is -0.807. The Morgan fingerprint density at radius 1 is 1.69 bits per heavy atom. The van der Waals surface area contributed by atoms with Gasteiger partial charge in [-0.25, -0.2) is 0 Å². The average molecular weight is 224 g/mol. The Morgan fingerprint density at radius 3 is 2.75 bits per heavy atom. The fourth-order valence-electron chi connectivity index (χ4n) is 2.64. The molecular weight excluding hydrogens is 204 g/mol. The van der Waals surface area contributed by atoms with Gasteiger partial charge in [-0.2, -0.15) is 5.26 Å². The SMILES string of the molecule is CCC(C#N)N1CCCC(C)(C)C1C(=O)O. The van der Waals surface area contributed by atoms with E-state index in [1.807, 2.05) is 25.7 Å². The Hall–Kier alpha value is -1.08. The Kier molecular flexibility index (Phi) is 3.93. The zero-order valence-corrected chi connectivity index (χ0v) is 10.2. The smallest absolute Gasteiger partial charge is 0.321 e. The van der Waals surface area contributed by atoms with E-state index in [1.54, 1.807) is 0 Å². The quantitative estimate of drug-likeness (QED) is 0.794. The maximum atomic E-state index is 11.4. The fourth-order valence-corrected chi connectivity index (χ4v) is 2.64. The largest absolute Gasteiger partial charge is 0.480 e. The highest BCUT2D eigenvalue weighted by molar-refractivity contribution is 5.74. The highest BCUT2D eigenvalue weighted by Gasteiger charge is 2.44. The molecule has 4 heteroatoms. The third-order valence-corrected chi connectivity index (χ3v) is 3.48. The lowest BCUT2D eigenvalue weighted by atomic mass is 9.75. The van der Waals surface area contributed by atoms with Crippen LogP contribution in [0.1, 0.15) is 40.0 Å². The summed E-state index contributed by atoms with van der Waals surface area (Å²) in [6.07, 6.45) is 2.55. The Bertz CT molecular complexity index is 307. The van der Waals surface area contributed by atoms with Crippen LogP contribution in [0, 0.1) is 16.7 Å². The maximum Gasteiger partial charge on any atom is 0.321 e. The van der Waals surface area contributed by atoms with Crippen LogP contribution in [-0.4, -0.2) is 34.6 Å². The summed E-state index contributed by atoms with van der Waals surface area (Å²) >= 11 is 0. The summed E-state index contributed by atoms with van der Waals surface area (Å²) in [5.41, 5.74) is -0.256. The van der Waals surface area contributed by atoms with Crippen LogP contribution in [0.15, 0.2) is 0 Å². The number of carbonyl (C=O) groups is 1. The van der Waals surface area contributed by atoms with E-state index in [9.17, 15) is 9.90 Å². The molecule has 2 unspecified atom stereocenters. The van der Waals surface area contributed by atoms with Gasteiger partial charge in [0, 0.05) is 6.54 Å². The molecule has 4 nitrogen and oxygen atoms in total. The summed E-state index contributed by atoms with van der Waals surface area (Å²) in [6, 6.07) is 1.39. The number of hydrogen-bond acceptors (Lipinski definition) is 3. The van der Waals surface area contributed by atoms with Crippen LogP contribution in [-0.2, 0) is 4.79 Å². The topological polar surface area (TPSA) is 64.3 Å². The molecular formula is C12H20N2O2. The normalized spacial score (nSPS) is 27.0. The molecule has 1 heterocycles. The second-order valence-electron chi connectivity index (χ2n) is 5.12. The molecule has 0 aliphatic carbocycles. The van der Waals surface area contributed by atoms with Gasteiger partial charge in [0.1, 0.15) is 6.04 Å². The van der Waals surface area contributed by atoms with Gasteiger partial charge in [0.25, 0.3) is 0 Å². The molecule has 0 radical (unpaired) electrons. The lowest BCUT2D eigenvalue weighted by Crippen LogP contribution is -2.57. The first kappa shape index (κ1) is 13.0. The van der Waals surface area contributed by atoms with Crippen LogP contribution >= 0.6 is 0 Å². The lowest BCUT2D eigenvalue weighted by Gasteiger charge is -2.45. The highest BCUT2D eigenvalue weighted by atomic mass is 16.4. The van der Waals surface area contributed by atoms with Gasteiger partial charge in [0.15, 0.2) is 0 Å². The first-order valence-corrected chi connectivity index (χ1v) is 5.82. The molecule has 0 amide bonds. The fraction of sp³-hybridized carbons (Fsp3) is 0.833. The van der Waals surface area contributed by atoms with Crippen LogP contribution in [0.25, 0.3) is 0 Å². The molecule has 90 valence electrons. The predicted molar refractivity (Wildman–Crippen MR) is 60.8 cm³/mol. The van der Waals surface area contributed by atoms with Crippen molar-refractivity contribution in [2.75, 3.05) is 6.54 Å². The van der Waals surface area contributed by atoms with Gasteiger partial charge in [-0.05, 0) is 24.7 Å². The molecule has 0 saturated carbocycles. The molecule has 1 saturated heterocycles. The van der Waals surface area contributed by atoms with Gasteiger partial charge in [-0.3, -0.25) is 9.69 Å². The monoisotopic (exact) mass is 224 g/mol. The van der Waals surface area contributed by atoms with Crippen molar-refractivity contribution in [1.29, 1.82) is 5.26 Å². The molecule has 0 spiro atoms. The van der Waals surface area contributed by atoms with E-state index in [4.69, 9.17) is 5.26 Å². The zero-order chi connectivity index (χ0) is 12.3. The summed E-state index contributed by atoms with van der Waals surface area (Å²) in [6.45, 7) is 6.59. The minimum atomic E-state index is -0.807. The number of carboxylic acid groups (broad SMARTS) is 1. The van der Waals surface area contributed by atoms with Crippen LogP contribution in [0.2, 0.25) is 0 Å². The van der Waals surface area contributed by atoms with Crippen molar-refractivity contribution < 1.29 is 9.90 Å². The van der Waals surface area contributed by atoms with E-state index in [0.717, 1.165) is 12.8 Å². The van der Waals surface area contributed by atoms with E-state index < -0.39 is 12.0 Å². The molecule has 0 aromatic carbocycles. The number of rotatable bonds is 3. The van der Waals surface area contributed by atoms with Gasteiger partial charge in [-0.15, -0.1) is 0 Å². The van der Waals surface area contributed by atoms with E-state index in [2.05, 4.69) is 6.07 Å². The summed E-state index contributed by atoms with van der Waals surface area (Å²) in [7, 11) is 0. The molecule has 16 heavy (non-hydrogen) atoms. The van der Waals surface area contributed by atoms with Crippen molar-refractivity contribution in [2.45, 2.75) is 52.1 Å². The first-order chi connectivity index (χ1) is 7.44. The number of nitrogens with zero attached hydrogens (tertiary/aromatic N) is 2. The molecule has 1 rings (SSSR count). The second-order valence-corrected chi connectivity index (χ2v) is 5.12. The van der Waals surface area contributed by atoms with Crippen molar-refractivity contribution in [2.24, 2.45) is 5.41 Å². The summed E-state index contributed by atoms with van der Waals surface area (Å²) in [5, 5.41) is 18.4. The van der Waals surface area contributed by atoms with E-state index in [0.29, 0.717) is 13.0 Å². The minimum absolute atomic E-state index is 0.256. The average Bonchev–Trinajstić information content (AvgIpc) is 2.17. The molecule has 1 aliphatic rings. The van der Waals surface area contributed by atoms with Crippen molar-refractivity contribution in [3.05, 3.63) is 0 Å². The van der Waals surface area contributed by atoms with Gasteiger partial charge in [0.05, 0.1) is 12.1 Å². The standard InChI is InChI=1S/C12H20N2O2/c1-4-9(8-13)14-7-5-6-12(2,3)10(14)11(15)16/h9-10H,4-7H2,1-3H3,(H,15,16). The Labute approximate surface area is 96.9 Å². The third-order valence-electron chi connectivity index (χ3n) is 3.48. The van der Waals surface area contributed by atoms with Gasteiger partial charge < -0.3 is 5.11 Å². The second kappa shape index (κ2) is 4.84. The number of likely N-dealkylation sites (tertiary alicyclic amines) is 1. The molecule has 1 N–H and O–H groups in total. The Morgan fingerprint density at radius 2 is 2.31 bits per heavy atom. The highest BCUT2D eigenvalue weighted by Crippen LogP contribution is 2.36. The third kappa shape index (κ3) is 2.35. The van der Waals surface area contributed by atoms with E-state index in [1.165, 1.54) is 0 Å². The molecule has 0 bridgehead atoms. The number of hydrogen-bond donors (Lipinski definition) is 1.